The highest BCUT2D eigenvalue weighted by molar-refractivity contribution is 7.80. The lowest BCUT2D eigenvalue weighted by molar-refractivity contribution is -0.134. The van der Waals surface area contributed by atoms with Gasteiger partial charge in [-0.2, -0.15) is 0 Å². The summed E-state index contributed by atoms with van der Waals surface area (Å²) in [5.41, 5.74) is 5.40. The second kappa shape index (κ2) is 4.45. The third-order valence-corrected chi connectivity index (χ3v) is 3.14. The number of amides is 1. The minimum Gasteiger partial charge on any atom is -0.393 e. The second-order valence-electron chi connectivity index (χ2n) is 4.69. The largest absolute Gasteiger partial charge is 0.393 e. The molecule has 0 aromatic carbocycles. The molecule has 4 nitrogen and oxygen atoms in total. The number of carbonyl (C=O) groups excluding carboxylic acids is 1. The molecule has 0 spiro atoms. The van der Waals surface area contributed by atoms with Crippen LogP contribution in [0.4, 0.5) is 0 Å². The van der Waals surface area contributed by atoms with E-state index in [9.17, 15) is 4.79 Å². The Hall–Kier alpha value is -0.680. The first kappa shape index (κ1) is 12.4. The molecule has 0 aliphatic carbocycles. The lowest BCUT2D eigenvalue weighted by Crippen LogP contribution is -2.59. The van der Waals surface area contributed by atoms with Crippen LogP contribution in [0.15, 0.2) is 0 Å². The number of carbonyl (C=O) groups is 1. The molecule has 0 saturated carbocycles. The van der Waals surface area contributed by atoms with Crippen molar-refractivity contribution in [2.45, 2.75) is 25.8 Å². The fourth-order valence-corrected chi connectivity index (χ4v) is 1.84. The van der Waals surface area contributed by atoms with Gasteiger partial charge in [0.1, 0.15) is 0 Å². The molecule has 0 aromatic rings. The van der Waals surface area contributed by atoms with E-state index in [1.54, 1.807) is 0 Å². The van der Waals surface area contributed by atoms with Gasteiger partial charge >= 0.3 is 0 Å². The molecule has 1 aliphatic heterocycles. The number of rotatable bonds is 2. The minimum atomic E-state index is 0.0319. The van der Waals surface area contributed by atoms with Gasteiger partial charge in [0.25, 0.3) is 0 Å². The summed E-state index contributed by atoms with van der Waals surface area (Å²) < 4.78 is 0. The monoisotopic (exact) mass is 229 g/mol. The summed E-state index contributed by atoms with van der Waals surface area (Å²) in [7, 11) is 2.08. The zero-order chi connectivity index (χ0) is 11.6. The molecule has 0 bridgehead atoms. The highest BCUT2D eigenvalue weighted by atomic mass is 32.1. The Bertz CT molecular complexity index is 278. The number of likely N-dealkylation sites (N-methyl/N-ethyl adjacent to an activating group) is 1. The van der Waals surface area contributed by atoms with Gasteiger partial charge in [-0.3, -0.25) is 9.69 Å². The van der Waals surface area contributed by atoms with E-state index >= 15 is 0 Å². The van der Waals surface area contributed by atoms with E-state index in [1.807, 2.05) is 4.90 Å². The van der Waals surface area contributed by atoms with E-state index in [0.717, 1.165) is 19.6 Å². The number of hydrogen-bond donors (Lipinski definition) is 1. The van der Waals surface area contributed by atoms with E-state index in [1.165, 1.54) is 0 Å². The van der Waals surface area contributed by atoms with E-state index in [-0.39, 0.29) is 22.9 Å². The van der Waals surface area contributed by atoms with Crippen molar-refractivity contribution >= 4 is 23.1 Å². The van der Waals surface area contributed by atoms with Gasteiger partial charge in [-0.05, 0) is 20.9 Å². The summed E-state index contributed by atoms with van der Waals surface area (Å²) >= 11 is 4.74. The molecule has 2 N–H and O–H groups in total. The van der Waals surface area contributed by atoms with Gasteiger partial charge in [0.2, 0.25) is 5.91 Å². The van der Waals surface area contributed by atoms with Gasteiger partial charge in [-0.1, -0.05) is 12.2 Å². The first-order valence-corrected chi connectivity index (χ1v) is 5.51. The zero-order valence-electron chi connectivity index (χ0n) is 9.62. The first-order chi connectivity index (χ1) is 6.83. The summed E-state index contributed by atoms with van der Waals surface area (Å²) in [5.74, 6) is 0.0451. The maximum absolute atomic E-state index is 11.7. The molecule has 86 valence electrons. The lowest BCUT2D eigenvalue weighted by atomic mass is 9.99. The third kappa shape index (κ3) is 3.14. The summed E-state index contributed by atoms with van der Waals surface area (Å²) in [6.07, 6.45) is 0.190. The van der Waals surface area contributed by atoms with E-state index in [0.29, 0.717) is 0 Å². The van der Waals surface area contributed by atoms with Gasteiger partial charge in [-0.15, -0.1) is 0 Å². The van der Waals surface area contributed by atoms with Crippen LogP contribution in [-0.2, 0) is 4.79 Å². The molecule has 1 saturated heterocycles. The molecule has 0 radical (unpaired) electrons. The van der Waals surface area contributed by atoms with Crippen molar-refractivity contribution in [3.8, 4) is 0 Å². The van der Waals surface area contributed by atoms with E-state index in [2.05, 4.69) is 25.8 Å². The minimum absolute atomic E-state index is 0.0319. The smallest absolute Gasteiger partial charge is 0.229 e. The van der Waals surface area contributed by atoms with Crippen LogP contribution >= 0.6 is 12.2 Å². The Kier molecular flexibility index (Phi) is 3.67. The van der Waals surface area contributed by atoms with Crippen molar-refractivity contribution in [3.05, 3.63) is 0 Å². The Balaban J connectivity index is 2.59. The number of nitrogens with two attached hydrogens (primary N) is 1. The first-order valence-electron chi connectivity index (χ1n) is 5.10. The van der Waals surface area contributed by atoms with Crippen molar-refractivity contribution in [3.63, 3.8) is 0 Å². The Labute approximate surface area is 96.4 Å². The van der Waals surface area contributed by atoms with Crippen molar-refractivity contribution < 1.29 is 4.79 Å². The molecule has 1 rings (SSSR count). The predicted molar refractivity (Wildman–Crippen MR) is 64.7 cm³/mol. The van der Waals surface area contributed by atoms with Crippen LogP contribution in [0, 0.1) is 0 Å². The van der Waals surface area contributed by atoms with Crippen LogP contribution < -0.4 is 5.73 Å². The van der Waals surface area contributed by atoms with Crippen molar-refractivity contribution in [1.82, 2.24) is 9.80 Å². The lowest BCUT2D eigenvalue weighted by Gasteiger charge is -2.45. The van der Waals surface area contributed by atoms with Gasteiger partial charge in [0.15, 0.2) is 0 Å². The summed E-state index contributed by atoms with van der Waals surface area (Å²) in [6.45, 7) is 6.67. The van der Waals surface area contributed by atoms with Gasteiger partial charge in [0.05, 0.1) is 11.4 Å². The van der Waals surface area contributed by atoms with Crippen molar-refractivity contribution in [1.29, 1.82) is 0 Å². The molecular formula is C10H19N3OS. The summed E-state index contributed by atoms with van der Waals surface area (Å²) in [4.78, 5) is 16.1. The molecule has 0 unspecified atom stereocenters. The van der Waals surface area contributed by atoms with Crippen molar-refractivity contribution in [2.24, 2.45) is 5.73 Å². The molecule has 0 aromatic heterocycles. The number of piperazine rings is 1. The Morgan fingerprint density at radius 3 is 2.53 bits per heavy atom. The highest BCUT2D eigenvalue weighted by Crippen LogP contribution is 2.19. The predicted octanol–water partition coefficient (Wildman–Crippen LogP) is 0.215. The molecule has 1 heterocycles. The molecule has 5 heteroatoms. The third-order valence-electron chi connectivity index (χ3n) is 2.99. The van der Waals surface area contributed by atoms with Gasteiger partial charge < -0.3 is 10.6 Å². The maximum Gasteiger partial charge on any atom is 0.229 e. The number of thiocarbonyl (C=S) groups is 1. The van der Waals surface area contributed by atoms with Crippen LogP contribution in [0.2, 0.25) is 0 Å². The molecule has 1 fully saturated rings. The topological polar surface area (TPSA) is 49.6 Å². The normalized spacial score (nSPS) is 21.4. The standard InChI is InChI=1S/C10H19N3OS/c1-10(2)7-13(5-4-12(10)3)9(14)6-8(11)15/h4-7H2,1-3H3,(H2,11,15). The zero-order valence-corrected chi connectivity index (χ0v) is 10.4. The summed E-state index contributed by atoms with van der Waals surface area (Å²) in [5, 5.41) is 0. The van der Waals surface area contributed by atoms with Gasteiger partial charge in [-0.25, -0.2) is 0 Å². The maximum atomic E-state index is 11.7. The molecule has 1 aliphatic rings. The fourth-order valence-electron chi connectivity index (χ4n) is 1.71. The van der Waals surface area contributed by atoms with Crippen LogP contribution in [0.3, 0.4) is 0 Å². The average molecular weight is 229 g/mol. The van der Waals surface area contributed by atoms with Gasteiger partial charge in [0, 0.05) is 25.2 Å². The Morgan fingerprint density at radius 1 is 1.47 bits per heavy atom. The Morgan fingerprint density at radius 2 is 2.07 bits per heavy atom. The van der Waals surface area contributed by atoms with Crippen LogP contribution in [0.25, 0.3) is 0 Å². The van der Waals surface area contributed by atoms with E-state index < -0.39 is 0 Å². The van der Waals surface area contributed by atoms with E-state index in [4.69, 9.17) is 18.0 Å². The molecule has 15 heavy (non-hydrogen) atoms. The van der Waals surface area contributed by atoms with Crippen molar-refractivity contribution in [2.75, 3.05) is 26.7 Å². The quantitative estimate of drug-likeness (QED) is 0.688. The SMILES string of the molecule is CN1CCN(C(=O)CC(N)=S)CC1(C)C. The fraction of sp³-hybridized carbons (Fsp3) is 0.800. The number of nitrogens with zero attached hydrogens (tertiary/aromatic N) is 2. The second-order valence-corrected chi connectivity index (χ2v) is 5.22. The molecule has 1 amide bonds. The highest BCUT2D eigenvalue weighted by Gasteiger charge is 2.32. The molecule has 0 atom stereocenters. The van der Waals surface area contributed by atoms with Crippen LogP contribution in [0.5, 0.6) is 0 Å². The van der Waals surface area contributed by atoms with Crippen LogP contribution in [-0.4, -0.2) is 52.9 Å². The molecular weight excluding hydrogens is 210 g/mol. The number of hydrogen-bond acceptors (Lipinski definition) is 3. The summed E-state index contributed by atoms with van der Waals surface area (Å²) in [6, 6.07) is 0. The average Bonchev–Trinajstić information content (AvgIpc) is 2.08. The van der Waals surface area contributed by atoms with Crippen LogP contribution in [0.1, 0.15) is 20.3 Å².